The van der Waals surface area contributed by atoms with Crippen LogP contribution in [-0.2, 0) is 13.0 Å². The first kappa shape index (κ1) is 16.3. The summed E-state index contributed by atoms with van der Waals surface area (Å²) in [4.78, 5) is 18.8. The van der Waals surface area contributed by atoms with Gasteiger partial charge in [0.1, 0.15) is 5.75 Å². The number of aryl methyl sites for hydroxylation is 1. The number of pyridine rings is 1. The zero-order valence-electron chi connectivity index (χ0n) is 14.2. The van der Waals surface area contributed by atoms with E-state index in [1.165, 1.54) is 11.1 Å². The molecular weight excluding hydrogens is 302 g/mol. The number of hydrogen-bond acceptors (Lipinski definition) is 3. The fourth-order valence-corrected chi connectivity index (χ4v) is 3.02. The Kier molecular flexibility index (Phi) is 4.99. The topological polar surface area (TPSA) is 54.5 Å². The Balaban J connectivity index is 1.69. The average molecular weight is 325 g/mol. The van der Waals surface area contributed by atoms with Crippen LogP contribution in [0.5, 0.6) is 5.75 Å². The first-order valence-corrected chi connectivity index (χ1v) is 8.29. The normalized spacial score (nSPS) is 15.2. The highest BCUT2D eigenvalue weighted by molar-refractivity contribution is 5.74. The van der Waals surface area contributed by atoms with Gasteiger partial charge in [-0.25, -0.2) is 4.79 Å². The van der Waals surface area contributed by atoms with Crippen molar-refractivity contribution in [1.29, 1.82) is 0 Å². The molecule has 0 saturated heterocycles. The number of fused-ring (bicyclic) bond motifs is 1. The zero-order chi connectivity index (χ0) is 16.9. The maximum atomic E-state index is 12.6. The summed E-state index contributed by atoms with van der Waals surface area (Å²) in [5.74, 6) is 0.871. The molecule has 0 fully saturated rings. The molecule has 1 N–H and O–H groups in total. The van der Waals surface area contributed by atoms with Gasteiger partial charge in [-0.1, -0.05) is 12.1 Å². The van der Waals surface area contributed by atoms with Crippen molar-refractivity contribution in [1.82, 2.24) is 15.2 Å². The second-order valence-electron chi connectivity index (χ2n) is 6.09. The largest absolute Gasteiger partial charge is 0.497 e. The Morgan fingerprint density at radius 2 is 2.17 bits per heavy atom. The third-order valence-electron chi connectivity index (χ3n) is 4.41. The molecule has 2 aromatic rings. The maximum Gasteiger partial charge on any atom is 0.318 e. The monoisotopic (exact) mass is 325 g/mol. The number of carbonyl (C=O) groups excluding carboxylic acids is 1. The van der Waals surface area contributed by atoms with E-state index in [1.807, 2.05) is 36.1 Å². The van der Waals surface area contributed by atoms with Crippen molar-refractivity contribution < 1.29 is 9.53 Å². The highest BCUT2D eigenvalue weighted by Gasteiger charge is 2.21. The number of carbonyl (C=O) groups is 1. The maximum absolute atomic E-state index is 12.6. The first-order valence-electron chi connectivity index (χ1n) is 8.29. The number of nitrogens with one attached hydrogen (secondary N) is 1. The summed E-state index contributed by atoms with van der Waals surface area (Å²) in [6.07, 6.45) is 3.66. The molecule has 5 nitrogen and oxygen atoms in total. The van der Waals surface area contributed by atoms with Gasteiger partial charge in [0, 0.05) is 19.3 Å². The Bertz CT molecular complexity index is 703. The van der Waals surface area contributed by atoms with Gasteiger partial charge in [0.05, 0.1) is 18.8 Å². The molecular formula is C19H23N3O2. The Morgan fingerprint density at radius 3 is 2.92 bits per heavy atom. The fraction of sp³-hybridized carbons (Fsp3) is 0.368. The van der Waals surface area contributed by atoms with Crippen LogP contribution in [0.1, 0.15) is 36.2 Å². The van der Waals surface area contributed by atoms with E-state index < -0.39 is 0 Å². The van der Waals surface area contributed by atoms with Crippen molar-refractivity contribution in [3.8, 4) is 5.75 Å². The van der Waals surface area contributed by atoms with Crippen molar-refractivity contribution in [2.45, 2.75) is 32.4 Å². The van der Waals surface area contributed by atoms with Crippen molar-refractivity contribution in [3.63, 3.8) is 0 Å². The molecule has 24 heavy (non-hydrogen) atoms. The van der Waals surface area contributed by atoms with Gasteiger partial charge < -0.3 is 15.0 Å². The molecule has 0 saturated carbocycles. The van der Waals surface area contributed by atoms with E-state index in [1.54, 1.807) is 13.3 Å². The molecule has 1 atom stereocenters. The minimum atomic E-state index is -0.114. The van der Waals surface area contributed by atoms with Crippen molar-refractivity contribution in [2.75, 3.05) is 13.7 Å². The minimum Gasteiger partial charge on any atom is -0.497 e. The lowest BCUT2D eigenvalue weighted by molar-refractivity contribution is 0.192. The molecule has 3 rings (SSSR count). The average Bonchev–Trinajstić information content (AvgIpc) is 2.84. The summed E-state index contributed by atoms with van der Waals surface area (Å²) in [7, 11) is 1.68. The van der Waals surface area contributed by atoms with Gasteiger partial charge in [-0.2, -0.15) is 0 Å². The third-order valence-corrected chi connectivity index (χ3v) is 4.41. The molecule has 1 aromatic heterocycles. The van der Waals surface area contributed by atoms with E-state index in [0.717, 1.165) is 30.8 Å². The van der Waals surface area contributed by atoms with Crippen molar-refractivity contribution >= 4 is 6.03 Å². The van der Waals surface area contributed by atoms with Crippen LogP contribution in [0.3, 0.4) is 0 Å². The van der Waals surface area contributed by atoms with E-state index in [9.17, 15) is 4.79 Å². The predicted molar refractivity (Wildman–Crippen MR) is 92.9 cm³/mol. The van der Waals surface area contributed by atoms with E-state index in [4.69, 9.17) is 4.74 Å². The molecule has 0 aliphatic carbocycles. The molecule has 0 unspecified atom stereocenters. The number of methoxy groups -OCH3 is 1. The molecule has 2 heterocycles. The van der Waals surface area contributed by atoms with Crippen LogP contribution < -0.4 is 10.1 Å². The molecule has 0 radical (unpaired) electrons. The number of benzene rings is 1. The lowest BCUT2D eigenvalue weighted by atomic mass is 10.0. The second-order valence-corrected chi connectivity index (χ2v) is 6.09. The number of urea groups is 1. The van der Waals surface area contributed by atoms with Crippen LogP contribution in [0.25, 0.3) is 0 Å². The molecule has 1 aliphatic heterocycles. The second kappa shape index (κ2) is 7.34. The quantitative estimate of drug-likeness (QED) is 0.942. The summed E-state index contributed by atoms with van der Waals surface area (Å²) in [5, 5.41) is 3.05. The van der Waals surface area contributed by atoms with Gasteiger partial charge in [-0.15, -0.1) is 0 Å². The molecule has 5 heteroatoms. The highest BCUT2D eigenvalue weighted by atomic mass is 16.5. The third kappa shape index (κ3) is 3.67. The fourth-order valence-electron chi connectivity index (χ4n) is 3.02. The number of amides is 2. The number of hydrogen-bond donors (Lipinski definition) is 1. The van der Waals surface area contributed by atoms with Crippen molar-refractivity contribution in [3.05, 3.63) is 59.4 Å². The molecule has 0 bridgehead atoms. The number of ether oxygens (including phenoxy) is 1. The van der Waals surface area contributed by atoms with E-state index in [2.05, 4.69) is 22.4 Å². The highest BCUT2D eigenvalue weighted by Crippen LogP contribution is 2.23. The Labute approximate surface area is 142 Å². The standard InChI is InChI=1S/C19H23N3O2/c1-14(18-7-3-4-10-20-18)21-19(23)22-11-5-6-15-12-17(24-2)9-8-16(15)13-22/h3-4,7-10,12,14H,5-6,11,13H2,1-2H3,(H,21,23)/t14-/m0/s1. The summed E-state index contributed by atoms with van der Waals surface area (Å²) < 4.78 is 5.30. The summed E-state index contributed by atoms with van der Waals surface area (Å²) in [6, 6.07) is 11.7. The lowest BCUT2D eigenvalue weighted by Gasteiger charge is -2.24. The number of nitrogens with zero attached hydrogens (tertiary/aromatic N) is 2. The summed E-state index contributed by atoms with van der Waals surface area (Å²) >= 11 is 0. The van der Waals surface area contributed by atoms with Crippen LogP contribution in [0.2, 0.25) is 0 Å². The van der Waals surface area contributed by atoms with Gasteiger partial charge in [-0.05, 0) is 55.2 Å². The molecule has 2 amide bonds. The number of rotatable bonds is 3. The Morgan fingerprint density at radius 1 is 1.29 bits per heavy atom. The van der Waals surface area contributed by atoms with Crippen LogP contribution in [0.15, 0.2) is 42.6 Å². The van der Waals surface area contributed by atoms with Gasteiger partial charge >= 0.3 is 6.03 Å². The number of aromatic nitrogens is 1. The van der Waals surface area contributed by atoms with Crippen LogP contribution in [-0.4, -0.2) is 29.6 Å². The van der Waals surface area contributed by atoms with Crippen LogP contribution in [0, 0.1) is 0 Å². The SMILES string of the molecule is COc1ccc2c(c1)CCCN(C(=O)N[C@@H](C)c1ccccn1)C2. The Hall–Kier alpha value is -2.56. The van der Waals surface area contributed by atoms with E-state index in [-0.39, 0.29) is 12.1 Å². The van der Waals surface area contributed by atoms with Gasteiger partial charge in [-0.3, -0.25) is 4.98 Å². The smallest absolute Gasteiger partial charge is 0.318 e. The van der Waals surface area contributed by atoms with Gasteiger partial charge in [0.25, 0.3) is 0 Å². The van der Waals surface area contributed by atoms with Crippen molar-refractivity contribution in [2.24, 2.45) is 0 Å². The van der Waals surface area contributed by atoms with Gasteiger partial charge in [0.2, 0.25) is 0 Å². The van der Waals surface area contributed by atoms with Gasteiger partial charge in [0.15, 0.2) is 0 Å². The minimum absolute atomic E-state index is 0.0446. The molecule has 126 valence electrons. The lowest BCUT2D eigenvalue weighted by Crippen LogP contribution is -2.40. The van der Waals surface area contributed by atoms with Crippen LogP contribution >= 0.6 is 0 Å². The van der Waals surface area contributed by atoms with E-state index in [0.29, 0.717) is 6.54 Å². The molecule has 1 aromatic carbocycles. The zero-order valence-corrected chi connectivity index (χ0v) is 14.2. The predicted octanol–water partition coefficient (Wildman–Crippen LogP) is 3.31. The van der Waals surface area contributed by atoms with E-state index >= 15 is 0 Å². The first-order chi connectivity index (χ1) is 11.7. The molecule has 1 aliphatic rings. The van der Waals surface area contributed by atoms with Crippen LogP contribution in [0.4, 0.5) is 4.79 Å². The molecule has 0 spiro atoms. The summed E-state index contributed by atoms with van der Waals surface area (Å²) in [5.41, 5.74) is 3.32. The summed E-state index contributed by atoms with van der Waals surface area (Å²) in [6.45, 7) is 3.33.